The summed E-state index contributed by atoms with van der Waals surface area (Å²) in [5.41, 5.74) is 2.03. The average molecular weight is 307 g/mol. The van der Waals surface area contributed by atoms with E-state index in [-0.39, 0.29) is 11.7 Å². The molecular formula is C18H17N3O2. The number of aromatic amines is 1. The van der Waals surface area contributed by atoms with Crippen LogP contribution in [-0.4, -0.2) is 21.2 Å². The molecule has 4 rings (SSSR count). The molecule has 1 saturated carbocycles. The Hall–Kier alpha value is -2.82. The van der Waals surface area contributed by atoms with Gasteiger partial charge in [0.25, 0.3) is 0 Å². The van der Waals surface area contributed by atoms with Crippen LogP contribution >= 0.6 is 0 Å². The van der Waals surface area contributed by atoms with Crippen molar-refractivity contribution in [2.45, 2.75) is 25.2 Å². The van der Waals surface area contributed by atoms with Gasteiger partial charge in [-0.15, -0.1) is 0 Å². The topological polar surface area (TPSA) is 78.0 Å². The highest BCUT2D eigenvalue weighted by atomic mass is 16.3. The van der Waals surface area contributed by atoms with E-state index in [2.05, 4.69) is 15.5 Å². The van der Waals surface area contributed by atoms with Crippen LogP contribution < -0.4 is 5.32 Å². The van der Waals surface area contributed by atoms with Crippen LogP contribution in [0.25, 0.3) is 10.8 Å². The number of nitrogens with one attached hydrogen (secondary N) is 2. The van der Waals surface area contributed by atoms with Gasteiger partial charge in [-0.25, -0.2) is 0 Å². The van der Waals surface area contributed by atoms with Crippen molar-refractivity contribution in [2.24, 2.45) is 0 Å². The van der Waals surface area contributed by atoms with Crippen LogP contribution in [0.2, 0.25) is 0 Å². The van der Waals surface area contributed by atoms with E-state index >= 15 is 0 Å². The summed E-state index contributed by atoms with van der Waals surface area (Å²) in [6.07, 6.45) is 2.69. The van der Waals surface area contributed by atoms with Gasteiger partial charge in [0.2, 0.25) is 5.91 Å². The molecule has 0 unspecified atom stereocenters. The molecular weight excluding hydrogens is 290 g/mol. The zero-order chi connectivity index (χ0) is 15.8. The Kier molecular flexibility index (Phi) is 3.26. The number of hydrogen-bond donors (Lipinski definition) is 3. The third kappa shape index (κ3) is 3.04. The quantitative estimate of drug-likeness (QED) is 0.692. The molecule has 1 amide bonds. The number of amides is 1. The maximum absolute atomic E-state index is 12.2. The maximum atomic E-state index is 12.2. The Balaban J connectivity index is 1.45. The largest absolute Gasteiger partial charge is 0.508 e. The Morgan fingerprint density at radius 1 is 1.17 bits per heavy atom. The molecule has 5 nitrogen and oxygen atoms in total. The van der Waals surface area contributed by atoms with Crippen molar-refractivity contribution in [3.8, 4) is 5.75 Å². The van der Waals surface area contributed by atoms with E-state index in [0.717, 1.165) is 22.0 Å². The van der Waals surface area contributed by atoms with Gasteiger partial charge in [-0.2, -0.15) is 5.10 Å². The second-order valence-corrected chi connectivity index (χ2v) is 6.07. The third-order valence-corrected chi connectivity index (χ3v) is 4.14. The lowest BCUT2D eigenvalue weighted by molar-refractivity contribution is -0.115. The molecule has 1 aromatic heterocycles. The first-order valence-electron chi connectivity index (χ1n) is 7.74. The summed E-state index contributed by atoms with van der Waals surface area (Å²) in [5.74, 6) is 1.33. The molecule has 0 aliphatic heterocycles. The monoisotopic (exact) mass is 307 g/mol. The summed E-state index contributed by atoms with van der Waals surface area (Å²) in [6, 6.07) is 12.9. The van der Waals surface area contributed by atoms with E-state index in [1.165, 1.54) is 12.8 Å². The summed E-state index contributed by atoms with van der Waals surface area (Å²) in [7, 11) is 0. The number of rotatable bonds is 4. The van der Waals surface area contributed by atoms with Crippen LogP contribution in [0.15, 0.2) is 42.5 Å². The van der Waals surface area contributed by atoms with Crippen molar-refractivity contribution in [2.75, 3.05) is 5.32 Å². The molecule has 0 radical (unpaired) electrons. The summed E-state index contributed by atoms with van der Waals surface area (Å²) in [4.78, 5) is 12.2. The standard InChI is InChI=1S/C18H17N3O2/c22-15-6-5-13-7-11(1-2-14(13)9-15)8-18(23)19-17-10-16(20-21-17)12-3-4-12/h1-2,5-7,9-10,12,22H,3-4,8H2,(H2,19,20,21,23). The molecule has 5 heteroatoms. The predicted molar refractivity (Wildman–Crippen MR) is 88.5 cm³/mol. The van der Waals surface area contributed by atoms with Crippen LogP contribution in [0.3, 0.4) is 0 Å². The van der Waals surface area contributed by atoms with E-state index in [9.17, 15) is 9.90 Å². The lowest BCUT2D eigenvalue weighted by atomic mass is 10.0. The Morgan fingerprint density at radius 2 is 1.96 bits per heavy atom. The number of phenols is 1. The van der Waals surface area contributed by atoms with Crippen LogP contribution in [0.5, 0.6) is 5.75 Å². The van der Waals surface area contributed by atoms with E-state index < -0.39 is 0 Å². The number of hydrogen-bond acceptors (Lipinski definition) is 3. The fourth-order valence-electron chi connectivity index (χ4n) is 2.77. The lowest BCUT2D eigenvalue weighted by Gasteiger charge is -2.05. The summed E-state index contributed by atoms with van der Waals surface area (Å²) >= 11 is 0. The van der Waals surface area contributed by atoms with Crippen LogP contribution in [0.4, 0.5) is 5.82 Å². The minimum atomic E-state index is -0.0861. The Morgan fingerprint density at radius 3 is 2.78 bits per heavy atom. The van der Waals surface area contributed by atoms with E-state index in [1.807, 2.05) is 30.3 Å². The molecule has 1 aliphatic carbocycles. The second-order valence-electron chi connectivity index (χ2n) is 6.07. The highest BCUT2D eigenvalue weighted by Crippen LogP contribution is 2.39. The number of fused-ring (bicyclic) bond motifs is 1. The minimum Gasteiger partial charge on any atom is -0.508 e. The summed E-state index contributed by atoms with van der Waals surface area (Å²) in [5, 5.41) is 21.4. The van der Waals surface area contributed by atoms with Crippen LogP contribution in [0.1, 0.15) is 30.0 Å². The second kappa shape index (κ2) is 5.43. The van der Waals surface area contributed by atoms with Gasteiger partial charge in [0.1, 0.15) is 5.75 Å². The summed E-state index contributed by atoms with van der Waals surface area (Å²) in [6.45, 7) is 0. The van der Waals surface area contributed by atoms with Gasteiger partial charge in [-0.1, -0.05) is 24.3 Å². The van der Waals surface area contributed by atoms with Gasteiger partial charge in [0.15, 0.2) is 5.82 Å². The number of phenolic OH excluding ortho intramolecular Hbond substituents is 1. The Bertz CT molecular complexity index is 881. The number of carbonyl (C=O) groups is 1. The number of nitrogens with zero attached hydrogens (tertiary/aromatic N) is 1. The van der Waals surface area contributed by atoms with E-state index in [4.69, 9.17) is 0 Å². The van der Waals surface area contributed by atoms with Crippen molar-refractivity contribution >= 4 is 22.5 Å². The maximum Gasteiger partial charge on any atom is 0.229 e. The molecule has 0 atom stereocenters. The van der Waals surface area contributed by atoms with Gasteiger partial charge in [-0.05, 0) is 41.3 Å². The molecule has 1 aliphatic rings. The van der Waals surface area contributed by atoms with Gasteiger partial charge in [0.05, 0.1) is 6.42 Å². The van der Waals surface area contributed by atoms with Crippen molar-refractivity contribution in [1.29, 1.82) is 0 Å². The molecule has 0 spiro atoms. The highest BCUT2D eigenvalue weighted by molar-refractivity contribution is 5.92. The van der Waals surface area contributed by atoms with Crippen molar-refractivity contribution in [1.82, 2.24) is 10.2 Å². The number of aromatic hydroxyl groups is 1. The van der Waals surface area contributed by atoms with Crippen LogP contribution in [-0.2, 0) is 11.2 Å². The molecule has 2 aromatic carbocycles. The molecule has 116 valence electrons. The van der Waals surface area contributed by atoms with Crippen LogP contribution in [0, 0.1) is 0 Å². The molecule has 3 aromatic rings. The van der Waals surface area contributed by atoms with Gasteiger partial charge in [0, 0.05) is 17.7 Å². The zero-order valence-electron chi connectivity index (χ0n) is 12.5. The first-order valence-corrected chi connectivity index (χ1v) is 7.74. The number of benzene rings is 2. The highest BCUT2D eigenvalue weighted by Gasteiger charge is 2.25. The lowest BCUT2D eigenvalue weighted by Crippen LogP contribution is -2.14. The molecule has 1 heterocycles. The number of H-pyrrole nitrogens is 1. The van der Waals surface area contributed by atoms with E-state index in [1.54, 1.807) is 12.1 Å². The minimum absolute atomic E-state index is 0.0861. The van der Waals surface area contributed by atoms with Crippen molar-refractivity contribution in [3.63, 3.8) is 0 Å². The van der Waals surface area contributed by atoms with Gasteiger partial charge in [-0.3, -0.25) is 9.89 Å². The first kappa shape index (κ1) is 13.8. The normalized spacial score (nSPS) is 14.1. The fraction of sp³-hybridized carbons (Fsp3) is 0.222. The fourth-order valence-corrected chi connectivity index (χ4v) is 2.77. The third-order valence-electron chi connectivity index (χ3n) is 4.14. The van der Waals surface area contributed by atoms with E-state index in [0.29, 0.717) is 18.2 Å². The molecule has 0 bridgehead atoms. The molecule has 0 saturated heterocycles. The first-order chi connectivity index (χ1) is 11.2. The Labute approximate surface area is 133 Å². The molecule has 1 fully saturated rings. The zero-order valence-corrected chi connectivity index (χ0v) is 12.5. The molecule has 23 heavy (non-hydrogen) atoms. The van der Waals surface area contributed by atoms with Crippen molar-refractivity contribution < 1.29 is 9.90 Å². The van der Waals surface area contributed by atoms with Gasteiger partial charge >= 0.3 is 0 Å². The number of carbonyl (C=O) groups excluding carboxylic acids is 1. The van der Waals surface area contributed by atoms with Gasteiger partial charge < -0.3 is 10.4 Å². The predicted octanol–water partition coefficient (Wildman–Crippen LogP) is 3.33. The SMILES string of the molecule is O=C(Cc1ccc2cc(O)ccc2c1)Nc1cc(C2CC2)[nH]n1. The number of aromatic nitrogens is 2. The smallest absolute Gasteiger partial charge is 0.229 e. The average Bonchev–Trinajstić information content (AvgIpc) is 3.28. The van der Waals surface area contributed by atoms with Crippen molar-refractivity contribution in [3.05, 3.63) is 53.7 Å². The number of anilines is 1. The summed E-state index contributed by atoms with van der Waals surface area (Å²) < 4.78 is 0. The molecule has 3 N–H and O–H groups in total.